The molecule has 4 amide bonds. The normalized spacial score (nSPS) is 27.6. The van der Waals surface area contributed by atoms with Gasteiger partial charge in [0.15, 0.2) is 0 Å². The topological polar surface area (TPSA) is 116 Å². The van der Waals surface area contributed by atoms with Gasteiger partial charge in [-0.3, -0.25) is 29.5 Å². The first kappa shape index (κ1) is 31.4. The molecule has 0 aromatic heterocycles. The second-order valence-electron chi connectivity index (χ2n) is 13.2. The van der Waals surface area contributed by atoms with Crippen molar-refractivity contribution >= 4 is 63.3 Å². The summed E-state index contributed by atoms with van der Waals surface area (Å²) in [4.78, 5) is 58.3. The number of nitrogens with zero attached hydrogens (tertiary/aromatic N) is 2. The van der Waals surface area contributed by atoms with Crippen LogP contribution in [0.4, 0.5) is 5.69 Å². The Bertz CT molecular complexity index is 2130. The van der Waals surface area contributed by atoms with E-state index >= 15 is 4.79 Å². The van der Waals surface area contributed by atoms with Crippen molar-refractivity contribution in [2.75, 3.05) is 19.6 Å². The van der Waals surface area contributed by atoms with E-state index in [9.17, 15) is 19.5 Å². The molecule has 4 aromatic carbocycles. The monoisotopic (exact) mass is 695 g/mol. The highest BCUT2D eigenvalue weighted by molar-refractivity contribution is 6.36. The van der Waals surface area contributed by atoms with Gasteiger partial charge in [-0.25, -0.2) is 0 Å². The molecular formula is C38H31Cl2N3O6. The first-order chi connectivity index (χ1) is 23.6. The number of ether oxygens (including phenoxy) is 1. The van der Waals surface area contributed by atoms with Crippen molar-refractivity contribution in [1.29, 1.82) is 0 Å². The number of likely N-dealkylation sites (tertiary alicyclic amines) is 1. The molecule has 6 atom stereocenters. The van der Waals surface area contributed by atoms with Crippen LogP contribution in [0.5, 0.6) is 11.5 Å². The number of halogens is 2. The van der Waals surface area contributed by atoms with Gasteiger partial charge in [0.25, 0.3) is 11.8 Å². The maximum absolute atomic E-state index is 15.3. The third-order valence-electron chi connectivity index (χ3n) is 11.0. The summed E-state index contributed by atoms with van der Waals surface area (Å²) in [6.07, 6.45) is 2.39. The number of allylic oxidation sites excluding steroid dienone is 2. The number of hydrogen-bond acceptors (Lipinski definition) is 7. The van der Waals surface area contributed by atoms with E-state index < -0.39 is 46.8 Å². The molecular weight excluding hydrogens is 665 g/mol. The van der Waals surface area contributed by atoms with Gasteiger partial charge in [-0.1, -0.05) is 83.4 Å². The Balaban J connectivity index is 1.40. The fourth-order valence-electron chi connectivity index (χ4n) is 8.85. The average Bonchev–Trinajstić information content (AvgIpc) is 3.46. The Labute approximate surface area is 292 Å². The summed E-state index contributed by atoms with van der Waals surface area (Å²) in [5.41, 5.74) is 3.47. The van der Waals surface area contributed by atoms with Gasteiger partial charge in [0.2, 0.25) is 11.8 Å². The second-order valence-corrected chi connectivity index (χ2v) is 14.0. The van der Waals surface area contributed by atoms with Gasteiger partial charge < -0.3 is 9.84 Å². The molecule has 0 unspecified atom stereocenters. The molecule has 2 heterocycles. The highest BCUT2D eigenvalue weighted by Gasteiger charge is 2.70. The molecule has 8 rings (SSSR count). The lowest BCUT2D eigenvalue weighted by Crippen LogP contribution is -2.53. The summed E-state index contributed by atoms with van der Waals surface area (Å²) >= 11 is 12.7. The number of benzene rings is 4. The molecule has 4 aliphatic rings. The van der Waals surface area contributed by atoms with Crippen LogP contribution in [-0.4, -0.2) is 52.8 Å². The Hall–Kier alpha value is -4.86. The largest absolute Gasteiger partial charge is 0.507 e. The molecule has 2 saturated heterocycles. The van der Waals surface area contributed by atoms with Gasteiger partial charge in [-0.05, 0) is 60.0 Å². The van der Waals surface area contributed by atoms with Crippen LogP contribution in [0, 0.1) is 23.7 Å². The molecule has 1 saturated carbocycles. The number of hydrogen-bond donors (Lipinski definition) is 2. The van der Waals surface area contributed by atoms with E-state index in [0.29, 0.717) is 39.4 Å². The molecule has 3 fully saturated rings. The number of hydrazine groups is 1. The number of methoxy groups -OCH3 is 1. The third-order valence-corrected chi connectivity index (χ3v) is 11.6. The Morgan fingerprint density at radius 1 is 0.898 bits per heavy atom. The molecule has 0 radical (unpaired) electrons. The van der Waals surface area contributed by atoms with E-state index in [-0.39, 0.29) is 29.0 Å². The quantitative estimate of drug-likeness (QED) is 0.182. The minimum absolute atomic E-state index is 0.0169. The minimum Gasteiger partial charge on any atom is -0.507 e. The fraction of sp³-hybridized carbons (Fsp3) is 0.263. The molecule has 0 spiro atoms. The molecule has 0 bridgehead atoms. The van der Waals surface area contributed by atoms with Crippen molar-refractivity contribution < 1.29 is 29.0 Å². The van der Waals surface area contributed by atoms with Gasteiger partial charge in [0.05, 0.1) is 41.0 Å². The Morgan fingerprint density at radius 3 is 2.39 bits per heavy atom. The highest BCUT2D eigenvalue weighted by Crippen LogP contribution is 2.65. The van der Waals surface area contributed by atoms with Crippen LogP contribution in [0.15, 0.2) is 90.5 Å². The lowest BCUT2D eigenvalue weighted by Gasteiger charge is -2.50. The van der Waals surface area contributed by atoms with Crippen LogP contribution >= 0.6 is 23.2 Å². The number of imide groups is 2. The van der Waals surface area contributed by atoms with Gasteiger partial charge >= 0.3 is 0 Å². The van der Waals surface area contributed by atoms with E-state index in [0.717, 1.165) is 16.0 Å². The summed E-state index contributed by atoms with van der Waals surface area (Å²) in [6, 6.07) is 22.8. The van der Waals surface area contributed by atoms with Crippen molar-refractivity contribution in [3.63, 3.8) is 0 Å². The van der Waals surface area contributed by atoms with E-state index in [2.05, 4.69) is 5.43 Å². The van der Waals surface area contributed by atoms with Crippen molar-refractivity contribution in [1.82, 2.24) is 9.91 Å². The predicted molar refractivity (Wildman–Crippen MR) is 184 cm³/mol. The first-order valence-electron chi connectivity index (χ1n) is 16.0. The number of rotatable bonds is 5. The molecule has 2 aliphatic carbocycles. The fourth-order valence-corrected chi connectivity index (χ4v) is 9.30. The van der Waals surface area contributed by atoms with E-state index in [4.69, 9.17) is 27.9 Å². The van der Waals surface area contributed by atoms with Gasteiger partial charge in [0, 0.05) is 28.9 Å². The zero-order valence-corrected chi connectivity index (χ0v) is 28.0. The lowest BCUT2D eigenvalue weighted by atomic mass is 9.49. The SMILES string of the molecule is COc1ccc([C@@]23C(=O)N(Nc4ccc(Cl)cc4Cl)C(=O)[C@@H]2C[C@@H]2C(=CC[C@@H]4C(=O)N(C)C(=O)[C@@H]42)[C@@H]3c2ccc3ccccc3c2O)cc1. The number of carbonyl (C=O) groups excluding carboxylic acids is 4. The molecule has 9 nitrogen and oxygen atoms in total. The number of aromatic hydroxyl groups is 1. The number of carbonyl (C=O) groups is 4. The van der Waals surface area contributed by atoms with E-state index in [1.807, 2.05) is 36.4 Å². The summed E-state index contributed by atoms with van der Waals surface area (Å²) in [7, 11) is 3.04. The summed E-state index contributed by atoms with van der Waals surface area (Å²) in [5.74, 6) is -4.74. The molecule has 248 valence electrons. The standard InChI is InChI=1S/C38H31Cl2N3O6/c1-42-34(45)25-15-14-24-27(31(25)36(42)47)18-28-35(46)43(41-30-16-10-21(39)17-29(30)40)37(48)38(28,20-8-11-22(49-2)12-9-20)32(24)26-13-7-19-5-3-4-6-23(19)33(26)44/h3-14,16-17,25,27-28,31-32,41,44H,15,18H2,1-2H3/t25-,27+,28-,31-,32+,38+/m0/s1. The number of phenols is 1. The van der Waals surface area contributed by atoms with Crippen molar-refractivity contribution in [3.05, 3.63) is 112 Å². The number of anilines is 1. The van der Waals surface area contributed by atoms with Gasteiger partial charge in [0.1, 0.15) is 11.5 Å². The summed E-state index contributed by atoms with van der Waals surface area (Å²) in [6.45, 7) is 0. The molecule has 4 aromatic rings. The average molecular weight is 697 g/mol. The zero-order chi connectivity index (χ0) is 34.4. The first-order valence-corrected chi connectivity index (χ1v) is 16.8. The smallest absolute Gasteiger partial charge is 0.260 e. The molecule has 2 aliphatic heterocycles. The summed E-state index contributed by atoms with van der Waals surface area (Å²) in [5, 5.41) is 15.1. The number of phenolic OH excluding ortho intramolecular Hbond substituents is 1. The summed E-state index contributed by atoms with van der Waals surface area (Å²) < 4.78 is 5.45. The molecule has 2 N–H and O–H groups in total. The van der Waals surface area contributed by atoms with E-state index in [1.54, 1.807) is 49.6 Å². The van der Waals surface area contributed by atoms with Crippen LogP contribution in [0.2, 0.25) is 10.0 Å². The number of fused-ring (bicyclic) bond motifs is 5. The van der Waals surface area contributed by atoms with Crippen LogP contribution in [0.1, 0.15) is 29.9 Å². The minimum atomic E-state index is -1.57. The highest BCUT2D eigenvalue weighted by atomic mass is 35.5. The number of nitrogens with one attached hydrogen (secondary N) is 1. The number of amides is 4. The predicted octanol–water partition coefficient (Wildman–Crippen LogP) is 6.48. The van der Waals surface area contributed by atoms with Gasteiger partial charge in [-0.2, -0.15) is 5.01 Å². The van der Waals surface area contributed by atoms with Crippen molar-refractivity contribution in [2.24, 2.45) is 23.7 Å². The second kappa shape index (κ2) is 11.4. The molecule has 11 heteroatoms. The maximum Gasteiger partial charge on any atom is 0.260 e. The lowest BCUT2D eigenvalue weighted by molar-refractivity contribution is -0.140. The van der Waals surface area contributed by atoms with Crippen LogP contribution in [0.3, 0.4) is 0 Å². The maximum atomic E-state index is 15.3. The zero-order valence-electron chi connectivity index (χ0n) is 26.5. The van der Waals surface area contributed by atoms with Crippen molar-refractivity contribution in [3.8, 4) is 11.5 Å². The Kier molecular flexibility index (Phi) is 7.28. The van der Waals surface area contributed by atoms with Crippen molar-refractivity contribution in [2.45, 2.75) is 24.2 Å². The van der Waals surface area contributed by atoms with Gasteiger partial charge in [-0.15, -0.1) is 0 Å². The van der Waals surface area contributed by atoms with Crippen LogP contribution in [-0.2, 0) is 24.6 Å². The van der Waals surface area contributed by atoms with Crippen LogP contribution < -0.4 is 10.2 Å². The van der Waals surface area contributed by atoms with E-state index in [1.165, 1.54) is 18.0 Å². The molecule has 49 heavy (non-hydrogen) atoms. The third kappa shape index (κ3) is 4.38. The Morgan fingerprint density at radius 2 is 1.65 bits per heavy atom. The van der Waals surface area contributed by atoms with Crippen LogP contribution in [0.25, 0.3) is 10.8 Å².